The number of fused-ring (bicyclic) bond motifs is 1. The summed E-state index contributed by atoms with van der Waals surface area (Å²) in [4.78, 5) is 26.3. The largest absolute Gasteiger partial charge is 0.481 e. The molecule has 0 saturated carbocycles. The second-order valence-electron chi connectivity index (χ2n) is 6.23. The number of likely N-dealkylation sites (tertiary alicyclic amines) is 1. The molecule has 2 aliphatic rings. The Bertz CT molecular complexity index is 590. The minimum Gasteiger partial charge on any atom is -0.481 e. The first kappa shape index (κ1) is 16.0. The van der Waals surface area contributed by atoms with Crippen molar-refractivity contribution in [1.29, 1.82) is 0 Å². The van der Waals surface area contributed by atoms with E-state index in [-0.39, 0.29) is 18.4 Å². The van der Waals surface area contributed by atoms with Crippen LogP contribution in [0.4, 0.5) is 0 Å². The maximum Gasteiger partial charge on any atom is 0.311 e. The summed E-state index contributed by atoms with van der Waals surface area (Å²) >= 11 is 0. The number of methoxy groups -OCH3 is 1. The fraction of sp³-hybridized carbons (Fsp3) is 0.529. The first-order valence-corrected chi connectivity index (χ1v) is 7.76. The van der Waals surface area contributed by atoms with Crippen molar-refractivity contribution < 1.29 is 24.2 Å². The van der Waals surface area contributed by atoms with Crippen LogP contribution in [0.15, 0.2) is 30.3 Å². The number of benzene rings is 1. The van der Waals surface area contributed by atoms with Gasteiger partial charge in [0, 0.05) is 32.7 Å². The van der Waals surface area contributed by atoms with E-state index in [1.807, 2.05) is 30.3 Å². The number of amides is 1. The van der Waals surface area contributed by atoms with Crippen molar-refractivity contribution in [1.82, 2.24) is 4.90 Å². The molecule has 124 valence electrons. The second-order valence-corrected chi connectivity index (χ2v) is 6.23. The summed E-state index contributed by atoms with van der Waals surface area (Å²) in [5.74, 6) is -1.19. The number of hydrogen-bond acceptors (Lipinski definition) is 4. The van der Waals surface area contributed by atoms with E-state index in [2.05, 4.69) is 0 Å². The minimum absolute atomic E-state index is 0.161. The van der Waals surface area contributed by atoms with Crippen LogP contribution in [0.1, 0.15) is 18.1 Å². The van der Waals surface area contributed by atoms with Gasteiger partial charge in [0.15, 0.2) is 6.10 Å². The van der Waals surface area contributed by atoms with E-state index in [1.54, 1.807) is 4.90 Å². The summed E-state index contributed by atoms with van der Waals surface area (Å²) < 4.78 is 10.8. The molecule has 6 nitrogen and oxygen atoms in total. The lowest BCUT2D eigenvalue weighted by Gasteiger charge is -2.33. The highest BCUT2D eigenvalue weighted by atomic mass is 16.5. The Morgan fingerprint density at radius 2 is 2.13 bits per heavy atom. The van der Waals surface area contributed by atoms with Gasteiger partial charge in [0.2, 0.25) is 0 Å². The average molecular weight is 319 g/mol. The van der Waals surface area contributed by atoms with Crippen LogP contribution in [0.25, 0.3) is 0 Å². The predicted octanol–water partition coefficient (Wildman–Crippen LogP) is 1.32. The molecule has 1 amide bonds. The maximum atomic E-state index is 12.9. The van der Waals surface area contributed by atoms with Crippen molar-refractivity contribution in [2.75, 3.05) is 33.4 Å². The molecule has 6 heteroatoms. The van der Waals surface area contributed by atoms with Gasteiger partial charge in [0.05, 0.1) is 12.0 Å². The topological polar surface area (TPSA) is 76.1 Å². The first-order valence-electron chi connectivity index (χ1n) is 7.76. The van der Waals surface area contributed by atoms with Gasteiger partial charge in [-0.2, -0.15) is 0 Å². The van der Waals surface area contributed by atoms with Crippen molar-refractivity contribution in [2.45, 2.75) is 12.5 Å². The predicted molar refractivity (Wildman–Crippen MR) is 81.8 cm³/mol. The summed E-state index contributed by atoms with van der Waals surface area (Å²) in [6.45, 7) is 1.44. The number of rotatable bonds is 4. The highest BCUT2D eigenvalue weighted by Gasteiger charge is 2.55. The molecule has 2 fully saturated rings. The normalized spacial score (nSPS) is 28.2. The molecule has 1 aromatic rings. The SMILES string of the molecule is COC(C(=O)N1C[C@H]2COCC[C@@]2(C(=O)O)C1)c1ccccc1. The van der Waals surface area contributed by atoms with Crippen molar-refractivity contribution in [2.24, 2.45) is 11.3 Å². The zero-order chi connectivity index (χ0) is 16.4. The summed E-state index contributed by atoms with van der Waals surface area (Å²) in [5.41, 5.74) is -0.112. The molecule has 1 unspecified atom stereocenters. The third-order valence-electron chi connectivity index (χ3n) is 5.01. The standard InChI is InChI=1S/C17H21NO5/c1-22-14(12-5-3-2-4-6-12)15(19)18-9-13-10-23-8-7-17(13,11-18)16(20)21/h2-6,13-14H,7-11H2,1H3,(H,20,21)/t13-,14?,17+/m0/s1. The second kappa shape index (κ2) is 6.29. The molecule has 1 aromatic carbocycles. The summed E-state index contributed by atoms with van der Waals surface area (Å²) in [6.07, 6.45) is -0.261. The average Bonchev–Trinajstić information content (AvgIpc) is 2.97. The van der Waals surface area contributed by atoms with Gasteiger partial charge >= 0.3 is 5.97 Å². The number of carboxylic acids is 1. The third-order valence-corrected chi connectivity index (χ3v) is 5.01. The van der Waals surface area contributed by atoms with Crippen LogP contribution < -0.4 is 0 Å². The maximum absolute atomic E-state index is 12.9. The molecule has 2 aliphatic heterocycles. The van der Waals surface area contributed by atoms with Crippen LogP contribution in [0.5, 0.6) is 0 Å². The zero-order valence-corrected chi connectivity index (χ0v) is 13.1. The van der Waals surface area contributed by atoms with Gasteiger partial charge in [0.25, 0.3) is 5.91 Å². The molecule has 2 saturated heterocycles. The number of carbonyl (C=O) groups is 2. The third kappa shape index (κ3) is 2.72. The molecule has 0 aliphatic carbocycles. The molecule has 0 radical (unpaired) electrons. The number of ether oxygens (including phenoxy) is 2. The summed E-state index contributed by atoms with van der Waals surface area (Å²) in [5, 5.41) is 9.69. The molecule has 1 N–H and O–H groups in total. The van der Waals surface area contributed by atoms with Gasteiger partial charge in [-0.1, -0.05) is 30.3 Å². The van der Waals surface area contributed by atoms with Gasteiger partial charge in [-0.05, 0) is 12.0 Å². The molecule has 0 aromatic heterocycles. The molecule has 23 heavy (non-hydrogen) atoms. The van der Waals surface area contributed by atoms with Crippen LogP contribution >= 0.6 is 0 Å². The summed E-state index contributed by atoms with van der Waals surface area (Å²) in [6, 6.07) is 9.26. The van der Waals surface area contributed by atoms with E-state index < -0.39 is 17.5 Å². The van der Waals surface area contributed by atoms with Crippen molar-refractivity contribution in [3.63, 3.8) is 0 Å². The van der Waals surface area contributed by atoms with Crippen molar-refractivity contribution >= 4 is 11.9 Å². The van der Waals surface area contributed by atoms with E-state index >= 15 is 0 Å². The van der Waals surface area contributed by atoms with Crippen molar-refractivity contribution in [3.05, 3.63) is 35.9 Å². The minimum atomic E-state index is -0.886. The first-order chi connectivity index (χ1) is 11.1. The lowest BCUT2D eigenvalue weighted by molar-refractivity contribution is -0.157. The Morgan fingerprint density at radius 3 is 2.74 bits per heavy atom. The van der Waals surface area contributed by atoms with Gasteiger partial charge in [0.1, 0.15) is 0 Å². The lowest BCUT2D eigenvalue weighted by Crippen LogP contribution is -2.45. The Hall–Kier alpha value is -1.92. The fourth-order valence-electron chi connectivity index (χ4n) is 3.64. The summed E-state index contributed by atoms with van der Waals surface area (Å²) in [7, 11) is 1.49. The Kier molecular flexibility index (Phi) is 4.37. The van der Waals surface area contributed by atoms with Gasteiger partial charge in [-0.3, -0.25) is 9.59 Å². The number of carbonyl (C=O) groups excluding carboxylic acids is 1. The fourth-order valence-corrected chi connectivity index (χ4v) is 3.64. The van der Waals surface area contributed by atoms with Crippen LogP contribution in [-0.2, 0) is 19.1 Å². The molecule has 3 atom stereocenters. The quantitative estimate of drug-likeness (QED) is 0.906. The van der Waals surface area contributed by atoms with Crippen molar-refractivity contribution in [3.8, 4) is 0 Å². The molecular weight excluding hydrogens is 298 g/mol. The van der Waals surface area contributed by atoms with E-state index in [0.29, 0.717) is 26.2 Å². The van der Waals surface area contributed by atoms with Crippen LogP contribution in [0.2, 0.25) is 0 Å². The molecule has 2 heterocycles. The van der Waals surface area contributed by atoms with E-state index in [0.717, 1.165) is 5.56 Å². The molecule has 0 bridgehead atoms. The smallest absolute Gasteiger partial charge is 0.311 e. The van der Waals surface area contributed by atoms with E-state index in [9.17, 15) is 14.7 Å². The van der Waals surface area contributed by atoms with Crippen LogP contribution in [0, 0.1) is 11.3 Å². The highest BCUT2D eigenvalue weighted by molar-refractivity contribution is 5.85. The Labute approximate surface area is 135 Å². The van der Waals surface area contributed by atoms with Crippen LogP contribution in [0.3, 0.4) is 0 Å². The molecule has 0 spiro atoms. The molecule has 3 rings (SSSR count). The monoisotopic (exact) mass is 319 g/mol. The number of hydrogen-bond donors (Lipinski definition) is 1. The number of carboxylic acid groups (broad SMARTS) is 1. The highest BCUT2D eigenvalue weighted by Crippen LogP contribution is 2.43. The Morgan fingerprint density at radius 1 is 1.39 bits per heavy atom. The zero-order valence-electron chi connectivity index (χ0n) is 13.1. The number of nitrogens with zero attached hydrogens (tertiary/aromatic N) is 1. The van der Waals surface area contributed by atoms with E-state index in [4.69, 9.17) is 9.47 Å². The molecular formula is C17H21NO5. The Balaban J connectivity index is 1.82. The van der Waals surface area contributed by atoms with Gasteiger partial charge in [-0.15, -0.1) is 0 Å². The number of aliphatic carboxylic acids is 1. The van der Waals surface area contributed by atoms with Crippen LogP contribution in [-0.4, -0.2) is 55.3 Å². The van der Waals surface area contributed by atoms with Gasteiger partial charge in [-0.25, -0.2) is 0 Å². The van der Waals surface area contributed by atoms with Gasteiger partial charge < -0.3 is 19.5 Å². The lowest BCUT2D eigenvalue weighted by atomic mass is 9.74. The van der Waals surface area contributed by atoms with E-state index in [1.165, 1.54) is 7.11 Å².